The summed E-state index contributed by atoms with van der Waals surface area (Å²) < 4.78 is 17.8. The van der Waals surface area contributed by atoms with Gasteiger partial charge in [0.25, 0.3) is 5.91 Å². The van der Waals surface area contributed by atoms with E-state index in [1.54, 1.807) is 43.9 Å². The van der Waals surface area contributed by atoms with Gasteiger partial charge in [-0.15, -0.1) is 10.2 Å². The summed E-state index contributed by atoms with van der Waals surface area (Å²) in [4.78, 5) is 24.0. The number of carbonyl (C=O) groups excluding carboxylic acids is 1. The Labute approximate surface area is 178 Å². The summed E-state index contributed by atoms with van der Waals surface area (Å²) in [5.41, 5.74) is 1.36. The van der Waals surface area contributed by atoms with Gasteiger partial charge in [0.1, 0.15) is 7.14 Å². The highest BCUT2D eigenvalue weighted by Gasteiger charge is 2.19. The minimum absolute atomic E-state index is 0.0379. The van der Waals surface area contributed by atoms with Gasteiger partial charge in [-0.05, 0) is 32.2 Å². The molecule has 0 fully saturated rings. The fourth-order valence-electron chi connectivity index (χ4n) is 2.61. The molecule has 2 aromatic heterocycles. The summed E-state index contributed by atoms with van der Waals surface area (Å²) in [6, 6.07) is 6.74. The van der Waals surface area contributed by atoms with Gasteiger partial charge in [0, 0.05) is 23.8 Å². The molecule has 0 aliphatic heterocycles. The van der Waals surface area contributed by atoms with E-state index in [4.69, 9.17) is 16.3 Å². The number of halogens is 1. The highest BCUT2D eigenvalue weighted by Crippen LogP contribution is 2.38. The number of aliphatic imine (C=N–C) groups is 1. The molecule has 0 bridgehead atoms. The van der Waals surface area contributed by atoms with Gasteiger partial charge in [-0.25, -0.2) is 15.0 Å². The lowest BCUT2D eigenvalue weighted by Crippen LogP contribution is -2.08. The van der Waals surface area contributed by atoms with E-state index in [0.29, 0.717) is 28.1 Å². The van der Waals surface area contributed by atoms with Crippen molar-refractivity contribution in [3.8, 4) is 17.1 Å². The van der Waals surface area contributed by atoms with Crippen molar-refractivity contribution < 1.29 is 14.1 Å². The van der Waals surface area contributed by atoms with Crippen molar-refractivity contribution in [3.63, 3.8) is 0 Å². The third-order valence-corrected chi connectivity index (χ3v) is 5.76. The zero-order valence-corrected chi connectivity index (χ0v) is 18.1. The van der Waals surface area contributed by atoms with Crippen molar-refractivity contribution in [1.82, 2.24) is 20.2 Å². The molecule has 0 saturated carbocycles. The van der Waals surface area contributed by atoms with Crippen molar-refractivity contribution in [2.45, 2.75) is 0 Å². The van der Waals surface area contributed by atoms with Gasteiger partial charge in [-0.3, -0.25) is 4.79 Å². The van der Waals surface area contributed by atoms with Crippen LogP contribution in [-0.4, -0.2) is 53.2 Å². The fourth-order valence-corrected chi connectivity index (χ4v) is 3.43. The number of aromatic nitrogens is 4. The van der Waals surface area contributed by atoms with Crippen LogP contribution in [0.2, 0.25) is 5.15 Å². The number of ether oxygens (including phenoxy) is 1. The molecule has 11 heteroatoms. The Bertz CT molecular complexity index is 1160. The molecule has 0 saturated heterocycles. The van der Waals surface area contributed by atoms with Crippen LogP contribution in [0.4, 0.5) is 11.4 Å². The Kier molecular flexibility index (Phi) is 6.24. The van der Waals surface area contributed by atoms with Crippen LogP contribution in [0.1, 0.15) is 10.5 Å². The van der Waals surface area contributed by atoms with Gasteiger partial charge in [0.2, 0.25) is 0 Å². The standard InChI is InChI=1S/C19H18ClN6O3P/c1-21-19(27)16-14(8-15(20)25-26-16)24-13-7-5-6-12(17(13)29-2)18-22-9-11(10-23-18)30(3,4)28/h5-10H,1H2,2-4H3,(H,24,25). The Morgan fingerprint density at radius 2 is 1.90 bits per heavy atom. The zero-order valence-electron chi connectivity index (χ0n) is 16.5. The summed E-state index contributed by atoms with van der Waals surface area (Å²) in [5.74, 6) is 0.168. The average Bonchev–Trinajstić information content (AvgIpc) is 2.72. The Hall–Kier alpha value is -3.16. The third-order valence-electron chi connectivity index (χ3n) is 4.10. The Morgan fingerprint density at radius 3 is 2.50 bits per heavy atom. The van der Waals surface area contributed by atoms with E-state index in [9.17, 15) is 9.36 Å². The van der Waals surface area contributed by atoms with Crippen LogP contribution in [0, 0.1) is 0 Å². The van der Waals surface area contributed by atoms with Gasteiger partial charge in [0.15, 0.2) is 22.4 Å². The number of hydrogen-bond donors (Lipinski definition) is 1. The number of amides is 1. The number of rotatable bonds is 6. The number of nitrogens with one attached hydrogen (secondary N) is 1. The highest BCUT2D eigenvalue weighted by molar-refractivity contribution is 7.70. The first-order chi connectivity index (χ1) is 14.2. The molecule has 1 N–H and O–H groups in total. The predicted molar refractivity (Wildman–Crippen MR) is 117 cm³/mol. The molecule has 0 radical (unpaired) electrons. The maximum Gasteiger partial charge on any atom is 0.299 e. The van der Waals surface area contributed by atoms with Gasteiger partial charge < -0.3 is 14.6 Å². The largest absolute Gasteiger partial charge is 0.494 e. The molecule has 0 atom stereocenters. The van der Waals surface area contributed by atoms with E-state index in [2.05, 4.69) is 37.2 Å². The van der Waals surface area contributed by atoms with Crippen LogP contribution in [0.25, 0.3) is 11.4 Å². The van der Waals surface area contributed by atoms with Crippen molar-refractivity contribution in [2.24, 2.45) is 4.99 Å². The summed E-state index contributed by atoms with van der Waals surface area (Å²) in [7, 11) is -0.967. The summed E-state index contributed by atoms with van der Waals surface area (Å²) in [5, 5.41) is 11.2. The maximum absolute atomic E-state index is 12.2. The first-order valence-corrected chi connectivity index (χ1v) is 11.6. The average molecular weight is 445 g/mol. The number of nitrogens with zero attached hydrogens (tertiary/aromatic N) is 5. The second kappa shape index (κ2) is 8.69. The first-order valence-electron chi connectivity index (χ1n) is 8.61. The maximum atomic E-state index is 12.2. The Balaban J connectivity index is 2.05. The summed E-state index contributed by atoms with van der Waals surface area (Å²) >= 11 is 5.94. The number of para-hydroxylation sites is 1. The SMILES string of the molecule is C=NC(=O)c1nnc(Cl)cc1Nc1cccc(-c2ncc(P(C)(C)=O)cn2)c1OC. The second-order valence-electron chi connectivity index (χ2n) is 6.52. The van der Waals surface area contributed by atoms with Gasteiger partial charge in [-0.2, -0.15) is 0 Å². The van der Waals surface area contributed by atoms with E-state index >= 15 is 0 Å². The lowest BCUT2D eigenvalue weighted by molar-refractivity contribution is 0.0999. The van der Waals surface area contributed by atoms with E-state index in [1.807, 2.05) is 0 Å². The van der Waals surface area contributed by atoms with Crippen LogP contribution in [0.3, 0.4) is 0 Å². The van der Waals surface area contributed by atoms with E-state index < -0.39 is 13.0 Å². The molecule has 1 aromatic carbocycles. The van der Waals surface area contributed by atoms with Crippen LogP contribution < -0.4 is 15.4 Å². The summed E-state index contributed by atoms with van der Waals surface area (Å²) in [6.07, 6.45) is 3.09. The zero-order chi connectivity index (χ0) is 21.9. The molecule has 0 unspecified atom stereocenters. The lowest BCUT2D eigenvalue weighted by atomic mass is 10.1. The second-order valence-corrected chi connectivity index (χ2v) is 10.1. The normalized spacial score (nSPS) is 11.1. The molecular weight excluding hydrogens is 427 g/mol. The molecule has 0 spiro atoms. The molecule has 9 nitrogen and oxygen atoms in total. The van der Waals surface area contributed by atoms with Crippen LogP contribution in [0.15, 0.2) is 41.7 Å². The quantitative estimate of drug-likeness (QED) is 0.453. The van der Waals surface area contributed by atoms with Crippen molar-refractivity contribution in [3.05, 3.63) is 47.5 Å². The van der Waals surface area contributed by atoms with Gasteiger partial charge in [-0.1, -0.05) is 17.7 Å². The first kappa shape index (κ1) is 21.5. The van der Waals surface area contributed by atoms with Crippen molar-refractivity contribution in [2.75, 3.05) is 25.8 Å². The molecular formula is C19H18ClN6O3P. The van der Waals surface area contributed by atoms with Crippen molar-refractivity contribution >= 4 is 48.0 Å². The molecule has 154 valence electrons. The van der Waals surface area contributed by atoms with E-state index in [-0.39, 0.29) is 16.5 Å². The molecule has 1 amide bonds. The minimum Gasteiger partial charge on any atom is -0.494 e. The van der Waals surface area contributed by atoms with Gasteiger partial charge >= 0.3 is 0 Å². The third kappa shape index (κ3) is 4.53. The highest BCUT2D eigenvalue weighted by atomic mass is 35.5. The number of carbonyl (C=O) groups is 1. The van der Waals surface area contributed by atoms with E-state index in [0.717, 1.165) is 0 Å². The molecule has 0 aliphatic carbocycles. The monoisotopic (exact) mass is 444 g/mol. The minimum atomic E-state index is -2.47. The van der Waals surface area contributed by atoms with Crippen LogP contribution in [-0.2, 0) is 4.57 Å². The molecule has 2 heterocycles. The Morgan fingerprint density at radius 1 is 1.20 bits per heavy atom. The number of benzene rings is 1. The van der Waals surface area contributed by atoms with Crippen LogP contribution >= 0.6 is 18.7 Å². The molecule has 3 rings (SSSR count). The number of methoxy groups -OCH3 is 1. The molecule has 3 aromatic rings. The molecule has 30 heavy (non-hydrogen) atoms. The van der Waals surface area contributed by atoms with Crippen LogP contribution in [0.5, 0.6) is 5.75 Å². The number of hydrogen-bond acceptors (Lipinski definition) is 8. The van der Waals surface area contributed by atoms with E-state index in [1.165, 1.54) is 13.2 Å². The lowest BCUT2D eigenvalue weighted by Gasteiger charge is -2.15. The fraction of sp³-hybridized carbons (Fsp3) is 0.158. The molecule has 0 aliphatic rings. The summed E-state index contributed by atoms with van der Waals surface area (Å²) in [6.45, 7) is 6.54. The number of anilines is 2. The smallest absolute Gasteiger partial charge is 0.299 e. The topological polar surface area (TPSA) is 119 Å². The van der Waals surface area contributed by atoms with Gasteiger partial charge in [0.05, 0.1) is 24.0 Å². The predicted octanol–water partition coefficient (Wildman–Crippen LogP) is 3.43. The van der Waals surface area contributed by atoms with Crippen molar-refractivity contribution in [1.29, 1.82) is 0 Å².